The molecule has 0 radical (unpaired) electrons. The Morgan fingerprint density at radius 2 is 1.95 bits per heavy atom. The fourth-order valence-corrected chi connectivity index (χ4v) is 2.34. The normalized spacial score (nSPS) is 12.1. The van der Waals surface area contributed by atoms with Crippen molar-refractivity contribution in [1.29, 1.82) is 0 Å². The molecule has 0 saturated heterocycles. The van der Waals surface area contributed by atoms with Crippen LogP contribution in [0.2, 0.25) is 5.02 Å². The number of aliphatic carboxylic acids is 1. The average molecular weight is 290 g/mol. The summed E-state index contributed by atoms with van der Waals surface area (Å²) in [5.74, 6) is -0.897. The third-order valence-electron chi connectivity index (χ3n) is 3.14. The van der Waals surface area contributed by atoms with E-state index in [1.807, 2.05) is 37.3 Å². The van der Waals surface area contributed by atoms with Crippen LogP contribution >= 0.6 is 11.6 Å². The molecule has 0 saturated carbocycles. The van der Waals surface area contributed by atoms with E-state index in [4.69, 9.17) is 11.6 Å². The number of benzene rings is 2. The number of aryl methyl sites for hydroxylation is 1. The molecule has 0 spiro atoms. The lowest BCUT2D eigenvalue weighted by molar-refractivity contribution is -0.139. The van der Waals surface area contributed by atoms with E-state index >= 15 is 0 Å². The van der Waals surface area contributed by atoms with Gasteiger partial charge in [-0.25, -0.2) is 0 Å². The van der Waals surface area contributed by atoms with Gasteiger partial charge in [-0.2, -0.15) is 0 Å². The predicted octanol–water partition coefficient (Wildman–Crippen LogP) is 3.56. The van der Waals surface area contributed by atoms with Gasteiger partial charge in [-0.15, -0.1) is 0 Å². The molecule has 0 heterocycles. The van der Waals surface area contributed by atoms with Gasteiger partial charge in [-0.05, 0) is 35.7 Å². The number of carboxylic acid groups (broad SMARTS) is 1. The second kappa shape index (κ2) is 6.55. The van der Waals surface area contributed by atoms with Crippen LogP contribution in [0.4, 0.5) is 0 Å². The van der Waals surface area contributed by atoms with Gasteiger partial charge in [-0.3, -0.25) is 10.1 Å². The van der Waals surface area contributed by atoms with E-state index in [0.717, 1.165) is 16.7 Å². The van der Waals surface area contributed by atoms with Crippen molar-refractivity contribution >= 4 is 17.6 Å². The lowest BCUT2D eigenvalue weighted by Crippen LogP contribution is -2.28. The fraction of sp³-hybridized carbons (Fsp3) is 0.188. The minimum absolute atomic E-state index is 0.500. The predicted molar refractivity (Wildman–Crippen MR) is 79.8 cm³/mol. The number of hydrogen-bond donors (Lipinski definition) is 2. The minimum Gasteiger partial charge on any atom is -0.480 e. The first-order valence-corrected chi connectivity index (χ1v) is 6.72. The molecule has 2 N–H and O–H groups in total. The molecule has 0 aliphatic heterocycles. The van der Waals surface area contributed by atoms with Crippen LogP contribution in [0.1, 0.15) is 22.7 Å². The maximum Gasteiger partial charge on any atom is 0.325 e. The van der Waals surface area contributed by atoms with E-state index in [0.29, 0.717) is 11.6 Å². The zero-order chi connectivity index (χ0) is 14.5. The molecule has 0 aliphatic carbocycles. The molecular formula is C16H16ClNO2. The molecule has 0 aliphatic rings. The Bertz CT molecular complexity index is 599. The van der Waals surface area contributed by atoms with Crippen molar-refractivity contribution in [2.45, 2.75) is 19.5 Å². The Labute approximate surface area is 123 Å². The van der Waals surface area contributed by atoms with Gasteiger partial charge >= 0.3 is 5.97 Å². The van der Waals surface area contributed by atoms with Crippen molar-refractivity contribution in [3.8, 4) is 0 Å². The summed E-state index contributed by atoms with van der Waals surface area (Å²) in [6, 6.07) is 14.2. The summed E-state index contributed by atoms with van der Waals surface area (Å²) in [5, 5.41) is 13.1. The largest absolute Gasteiger partial charge is 0.480 e. The molecule has 20 heavy (non-hydrogen) atoms. The second-order valence-corrected chi connectivity index (χ2v) is 5.08. The molecule has 3 nitrogen and oxygen atoms in total. The van der Waals surface area contributed by atoms with Crippen molar-refractivity contribution in [3.63, 3.8) is 0 Å². The standard InChI is InChI=1S/C16H16ClNO2/c1-11-9-13(17)7-8-14(11)15(16(19)20)18-10-12-5-3-2-4-6-12/h2-9,15,18H,10H2,1H3,(H,19,20). The number of carboxylic acids is 1. The average Bonchev–Trinajstić information content (AvgIpc) is 2.42. The van der Waals surface area contributed by atoms with Crippen molar-refractivity contribution in [3.05, 3.63) is 70.2 Å². The van der Waals surface area contributed by atoms with E-state index < -0.39 is 12.0 Å². The van der Waals surface area contributed by atoms with E-state index in [1.165, 1.54) is 0 Å². The molecule has 2 rings (SSSR count). The molecule has 2 aromatic rings. The summed E-state index contributed by atoms with van der Waals surface area (Å²) in [7, 11) is 0. The van der Waals surface area contributed by atoms with Crippen LogP contribution in [-0.4, -0.2) is 11.1 Å². The Morgan fingerprint density at radius 3 is 2.55 bits per heavy atom. The summed E-state index contributed by atoms with van der Waals surface area (Å²) >= 11 is 5.91. The summed E-state index contributed by atoms with van der Waals surface area (Å²) < 4.78 is 0. The topological polar surface area (TPSA) is 49.3 Å². The van der Waals surface area contributed by atoms with Crippen LogP contribution in [0.5, 0.6) is 0 Å². The Morgan fingerprint density at radius 1 is 1.25 bits per heavy atom. The monoisotopic (exact) mass is 289 g/mol. The van der Waals surface area contributed by atoms with E-state index in [1.54, 1.807) is 18.2 Å². The van der Waals surface area contributed by atoms with Crippen LogP contribution in [0.25, 0.3) is 0 Å². The number of carbonyl (C=O) groups is 1. The van der Waals surface area contributed by atoms with Gasteiger partial charge < -0.3 is 5.11 Å². The molecule has 1 unspecified atom stereocenters. The number of rotatable bonds is 5. The van der Waals surface area contributed by atoms with Gasteiger partial charge in [0.15, 0.2) is 0 Å². The molecule has 2 aromatic carbocycles. The molecule has 104 valence electrons. The van der Waals surface area contributed by atoms with Gasteiger partial charge in [0.05, 0.1) is 0 Å². The van der Waals surface area contributed by atoms with Crippen molar-refractivity contribution in [1.82, 2.24) is 5.32 Å². The lowest BCUT2D eigenvalue weighted by Gasteiger charge is -2.17. The molecule has 0 fully saturated rings. The smallest absolute Gasteiger partial charge is 0.325 e. The van der Waals surface area contributed by atoms with E-state index in [2.05, 4.69) is 5.32 Å². The first-order chi connectivity index (χ1) is 9.58. The number of halogens is 1. The third-order valence-corrected chi connectivity index (χ3v) is 3.38. The summed E-state index contributed by atoms with van der Waals surface area (Å²) in [4.78, 5) is 11.5. The molecule has 0 aromatic heterocycles. The van der Waals surface area contributed by atoms with Crippen molar-refractivity contribution in [2.75, 3.05) is 0 Å². The molecule has 1 atom stereocenters. The zero-order valence-corrected chi connectivity index (χ0v) is 11.9. The quantitative estimate of drug-likeness (QED) is 0.885. The maximum absolute atomic E-state index is 11.5. The van der Waals surface area contributed by atoms with E-state index in [-0.39, 0.29) is 0 Å². The first kappa shape index (κ1) is 14.6. The van der Waals surface area contributed by atoms with Gasteiger partial charge in [0.1, 0.15) is 6.04 Å². The first-order valence-electron chi connectivity index (χ1n) is 6.34. The van der Waals surface area contributed by atoms with Gasteiger partial charge in [0.2, 0.25) is 0 Å². The van der Waals surface area contributed by atoms with Crippen LogP contribution in [-0.2, 0) is 11.3 Å². The van der Waals surface area contributed by atoms with Crippen molar-refractivity contribution < 1.29 is 9.90 Å². The van der Waals surface area contributed by atoms with Gasteiger partial charge in [0, 0.05) is 11.6 Å². The van der Waals surface area contributed by atoms with Crippen LogP contribution in [0.3, 0.4) is 0 Å². The minimum atomic E-state index is -0.897. The summed E-state index contributed by atoms with van der Waals surface area (Å²) in [5.41, 5.74) is 2.65. The molecular weight excluding hydrogens is 274 g/mol. The van der Waals surface area contributed by atoms with Crippen LogP contribution in [0, 0.1) is 6.92 Å². The lowest BCUT2D eigenvalue weighted by atomic mass is 10.0. The highest BCUT2D eigenvalue weighted by Crippen LogP contribution is 2.22. The number of hydrogen-bond acceptors (Lipinski definition) is 2. The summed E-state index contributed by atoms with van der Waals surface area (Å²) in [6.45, 7) is 2.36. The molecule has 0 bridgehead atoms. The van der Waals surface area contributed by atoms with Crippen LogP contribution < -0.4 is 5.32 Å². The van der Waals surface area contributed by atoms with Crippen molar-refractivity contribution in [2.24, 2.45) is 0 Å². The fourth-order valence-electron chi connectivity index (χ4n) is 2.11. The highest BCUT2D eigenvalue weighted by Gasteiger charge is 2.20. The molecule has 0 amide bonds. The maximum atomic E-state index is 11.5. The highest BCUT2D eigenvalue weighted by atomic mass is 35.5. The zero-order valence-electron chi connectivity index (χ0n) is 11.1. The Balaban J connectivity index is 2.17. The summed E-state index contributed by atoms with van der Waals surface area (Å²) in [6.07, 6.45) is 0. The molecule has 4 heteroatoms. The Kier molecular flexibility index (Phi) is 4.77. The SMILES string of the molecule is Cc1cc(Cl)ccc1C(NCc1ccccc1)C(=O)O. The third kappa shape index (κ3) is 3.59. The van der Waals surface area contributed by atoms with Gasteiger partial charge in [-0.1, -0.05) is 48.0 Å². The highest BCUT2D eigenvalue weighted by molar-refractivity contribution is 6.30. The number of nitrogens with one attached hydrogen (secondary N) is 1. The van der Waals surface area contributed by atoms with E-state index in [9.17, 15) is 9.90 Å². The van der Waals surface area contributed by atoms with Gasteiger partial charge in [0.25, 0.3) is 0 Å². The Hall–Kier alpha value is -1.84. The van der Waals surface area contributed by atoms with Crippen LogP contribution in [0.15, 0.2) is 48.5 Å². The second-order valence-electron chi connectivity index (χ2n) is 4.64.